The Morgan fingerprint density at radius 1 is 1.36 bits per heavy atom. The summed E-state index contributed by atoms with van der Waals surface area (Å²) >= 11 is 0. The minimum atomic E-state index is -3.84. The van der Waals surface area contributed by atoms with E-state index in [0.717, 1.165) is 25.0 Å². The smallest absolute Gasteiger partial charge is 0.332 e. The molecule has 7 heteroatoms. The zero-order valence-corrected chi connectivity index (χ0v) is 13.5. The number of unbranched alkanes of at least 4 members (excludes halogenated alkanes) is 1. The summed E-state index contributed by atoms with van der Waals surface area (Å²) in [6, 6.07) is 3.65. The first-order valence-electron chi connectivity index (χ1n) is 7.60. The lowest BCUT2D eigenvalue weighted by Crippen LogP contribution is -2.28. The molecule has 1 heterocycles. The first-order chi connectivity index (χ1) is 10.5. The number of rotatable bonds is 7. The second-order valence-corrected chi connectivity index (χ2v) is 7.16. The molecule has 0 amide bonds. The van der Waals surface area contributed by atoms with E-state index < -0.39 is 16.0 Å². The maximum atomic E-state index is 12.5. The number of carboxylic acids is 1. The quantitative estimate of drug-likeness (QED) is 0.806. The van der Waals surface area contributed by atoms with Gasteiger partial charge in [-0.2, -0.15) is 0 Å². The number of carboxylic acid groups (broad SMARTS) is 1. The van der Waals surface area contributed by atoms with Crippen LogP contribution in [0.3, 0.4) is 0 Å². The Hall–Kier alpha value is -1.76. The first-order valence-corrected chi connectivity index (χ1v) is 9.08. The van der Waals surface area contributed by atoms with Crippen LogP contribution in [0.5, 0.6) is 0 Å². The van der Waals surface area contributed by atoms with Gasteiger partial charge >= 0.3 is 5.97 Å². The van der Waals surface area contributed by atoms with E-state index in [1.54, 1.807) is 12.3 Å². The van der Waals surface area contributed by atoms with Crippen LogP contribution < -0.4 is 4.83 Å². The van der Waals surface area contributed by atoms with Gasteiger partial charge in [-0.3, -0.25) is 4.68 Å². The van der Waals surface area contributed by atoms with Crippen LogP contribution >= 0.6 is 0 Å². The average Bonchev–Trinajstić information content (AvgIpc) is 2.91. The van der Waals surface area contributed by atoms with Gasteiger partial charge in [-0.1, -0.05) is 13.3 Å². The van der Waals surface area contributed by atoms with E-state index in [1.165, 1.54) is 4.68 Å². The predicted octanol–water partition coefficient (Wildman–Crippen LogP) is 2.62. The number of sulfonamides is 1. The van der Waals surface area contributed by atoms with E-state index in [0.29, 0.717) is 19.3 Å². The third kappa shape index (κ3) is 3.71. The number of hydrogen-bond acceptors (Lipinski definition) is 3. The van der Waals surface area contributed by atoms with E-state index in [2.05, 4.69) is 11.8 Å². The number of nitrogens with zero attached hydrogens (tertiary/aromatic N) is 1. The number of aromatic nitrogens is 1. The van der Waals surface area contributed by atoms with Gasteiger partial charge in [-0.15, -0.1) is 0 Å². The highest BCUT2D eigenvalue weighted by Crippen LogP contribution is 2.28. The van der Waals surface area contributed by atoms with Gasteiger partial charge in [-0.05, 0) is 50.7 Å². The summed E-state index contributed by atoms with van der Waals surface area (Å²) in [6.45, 7) is 2.07. The van der Waals surface area contributed by atoms with Gasteiger partial charge in [-0.25, -0.2) is 18.0 Å². The maximum absolute atomic E-state index is 12.5. The van der Waals surface area contributed by atoms with Crippen molar-refractivity contribution in [2.24, 2.45) is 0 Å². The van der Waals surface area contributed by atoms with Crippen molar-refractivity contribution in [1.29, 1.82) is 0 Å². The zero-order valence-electron chi connectivity index (χ0n) is 12.7. The Bertz CT molecular complexity index is 673. The van der Waals surface area contributed by atoms with Crippen molar-refractivity contribution < 1.29 is 18.3 Å². The molecule has 122 valence electrons. The Morgan fingerprint density at radius 2 is 2.09 bits per heavy atom. The predicted molar refractivity (Wildman–Crippen MR) is 84.5 cm³/mol. The molecule has 2 N–H and O–H groups in total. The average molecular weight is 326 g/mol. The summed E-state index contributed by atoms with van der Waals surface area (Å²) in [5.41, 5.74) is 0.889. The minimum absolute atomic E-state index is 0.0148. The van der Waals surface area contributed by atoms with Crippen molar-refractivity contribution in [3.05, 3.63) is 34.5 Å². The zero-order chi connectivity index (χ0) is 16.2. The number of hydrogen-bond donors (Lipinski definition) is 2. The topological polar surface area (TPSA) is 88.4 Å². The third-order valence-electron chi connectivity index (χ3n) is 3.84. The van der Waals surface area contributed by atoms with E-state index in [9.17, 15) is 18.3 Å². The number of aliphatic carboxylic acids is 1. The van der Waals surface area contributed by atoms with E-state index in [-0.39, 0.29) is 16.9 Å². The number of allylic oxidation sites excluding steroid dienone is 1. The molecular weight excluding hydrogens is 304 g/mol. The third-order valence-corrected chi connectivity index (χ3v) is 5.37. The van der Waals surface area contributed by atoms with Gasteiger partial charge in [0.2, 0.25) is 0 Å². The molecule has 0 saturated carbocycles. The summed E-state index contributed by atoms with van der Waals surface area (Å²) in [7, 11) is -3.84. The fourth-order valence-corrected chi connectivity index (χ4v) is 4.13. The lowest BCUT2D eigenvalue weighted by Gasteiger charge is -2.20. The Kier molecular flexibility index (Phi) is 5.28. The van der Waals surface area contributed by atoms with Gasteiger partial charge in [0.1, 0.15) is 0 Å². The lowest BCUT2D eigenvalue weighted by molar-refractivity contribution is -0.132. The minimum Gasteiger partial charge on any atom is -0.478 e. The molecule has 0 fully saturated rings. The van der Waals surface area contributed by atoms with Crippen molar-refractivity contribution in [2.75, 3.05) is 4.83 Å². The van der Waals surface area contributed by atoms with Gasteiger partial charge in [0.05, 0.1) is 10.5 Å². The Balaban J connectivity index is 2.28. The van der Waals surface area contributed by atoms with Crippen molar-refractivity contribution in [3.63, 3.8) is 0 Å². The molecule has 0 aromatic carbocycles. The summed E-state index contributed by atoms with van der Waals surface area (Å²) < 4.78 is 26.6. The highest BCUT2D eigenvalue weighted by atomic mass is 32.2. The second-order valence-electron chi connectivity index (χ2n) is 5.48. The van der Waals surface area contributed by atoms with Gasteiger partial charge < -0.3 is 5.11 Å². The van der Waals surface area contributed by atoms with Crippen LogP contribution in [-0.4, -0.2) is 24.2 Å². The SMILES string of the molecule is CCCCc1cccn1NS(=O)(=O)C1=C(C(=O)O)CCCC1. The number of carbonyl (C=O) groups is 1. The van der Waals surface area contributed by atoms with E-state index in [1.807, 2.05) is 6.07 Å². The van der Waals surface area contributed by atoms with Gasteiger partial charge in [0.15, 0.2) is 0 Å². The van der Waals surface area contributed by atoms with Crippen LogP contribution in [0.25, 0.3) is 0 Å². The van der Waals surface area contributed by atoms with Crippen LogP contribution in [0.4, 0.5) is 0 Å². The van der Waals surface area contributed by atoms with E-state index in [4.69, 9.17) is 0 Å². The molecule has 0 radical (unpaired) electrons. The molecule has 0 bridgehead atoms. The molecule has 1 aromatic rings. The summed E-state index contributed by atoms with van der Waals surface area (Å²) in [5, 5.41) is 9.21. The fraction of sp³-hybridized carbons (Fsp3) is 0.533. The molecule has 2 rings (SSSR count). The van der Waals surface area contributed by atoms with Crippen molar-refractivity contribution in [1.82, 2.24) is 4.68 Å². The molecule has 0 spiro atoms. The molecule has 0 unspecified atom stereocenters. The molecule has 1 aliphatic rings. The molecular formula is C15H22N2O4S. The van der Waals surface area contributed by atoms with Crippen LogP contribution in [0.2, 0.25) is 0 Å². The Labute approximate surface area is 130 Å². The van der Waals surface area contributed by atoms with Gasteiger partial charge in [0, 0.05) is 11.9 Å². The van der Waals surface area contributed by atoms with Crippen LogP contribution in [0, 0.1) is 0 Å². The molecule has 0 atom stereocenters. The highest BCUT2D eigenvalue weighted by molar-refractivity contribution is 7.96. The monoisotopic (exact) mass is 326 g/mol. The molecule has 0 saturated heterocycles. The van der Waals surface area contributed by atoms with Gasteiger partial charge in [0.25, 0.3) is 10.0 Å². The molecule has 1 aliphatic carbocycles. The van der Waals surface area contributed by atoms with Crippen molar-refractivity contribution in [3.8, 4) is 0 Å². The summed E-state index contributed by atoms with van der Waals surface area (Å²) in [6.07, 6.45) is 6.40. The highest BCUT2D eigenvalue weighted by Gasteiger charge is 2.28. The lowest BCUT2D eigenvalue weighted by atomic mass is 9.99. The molecule has 22 heavy (non-hydrogen) atoms. The van der Waals surface area contributed by atoms with Crippen LogP contribution in [0.1, 0.15) is 51.1 Å². The molecule has 1 aromatic heterocycles. The largest absolute Gasteiger partial charge is 0.478 e. The molecule has 6 nitrogen and oxygen atoms in total. The fourth-order valence-electron chi connectivity index (χ4n) is 2.65. The van der Waals surface area contributed by atoms with Crippen LogP contribution in [-0.2, 0) is 21.2 Å². The van der Waals surface area contributed by atoms with Crippen LogP contribution in [0.15, 0.2) is 28.8 Å². The Morgan fingerprint density at radius 3 is 2.77 bits per heavy atom. The van der Waals surface area contributed by atoms with Crippen molar-refractivity contribution >= 4 is 16.0 Å². The standard InChI is InChI=1S/C15H22N2O4S/c1-2-3-7-12-8-6-11-17(12)16-22(20,21)14-10-5-4-9-13(14)15(18)19/h6,8,11,16H,2-5,7,9-10H2,1H3,(H,18,19). The maximum Gasteiger partial charge on any atom is 0.332 e. The molecule has 0 aliphatic heterocycles. The number of nitrogens with one attached hydrogen (secondary N) is 1. The van der Waals surface area contributed by atoms with E-state index >= 15 is 0 Å². The van der Waals surface area contributed by atoms with Crippen molar-refractivity contribution in [2.45, 2.75) is 51.9 Å². The first kappa shape index (κ1) is 16.6. The second kappa shape index (κ2) is 7.00. The number of aryl methyl sites for hydroxylation is 1. The summed E-state index contributed by atoms with van der Waals surface area (Å²) in [4.78, 5) is 13.8. The summed E-state index contributed by atoms with van der Waals surface area (Å²) in [5.74, 6) is -1.14. The normalized spacial score (nSPS) is 15.9.